The summed E-state index contributed by atoms with van der Waals surface area (Å²) in [5, 5.41) is 6.11. The summed E-state index contributed by atoms with van der Waals surface area (Å²) in [6.07, 6.45) is 0. The second-order valence-corrected chi connectivity index (χ2v) is 23.3. The zero-order valence-corrected chi connectivity index (χ0v) is 30.5. The van der Waals surface area contributed by atoms with E-state index in [1.807, 2.05) is 0 Å². The van der Waals surface area contributed by atoms with E-state index < -0.39 is 16.1 Å². The van der Waals surface area contributed by atoms with Gasteiger partial charge in [0.25, 0.3) is 0 Å². The van der Waals surface area contributed by atoms with Crippen LogP contribution in [0.4, 0.5) is 17.1 Å². The molecule has 2 aliphatic rings. The second kappa shape index (κ2) is 11.2. The van der Waals surface area contributed by atoms with Crippen molar-refractivity contribution >= 4 is 54.0 Å². The first-order valence-corrected chi connectivity index (χ1v) is 23.4. The molecule has 0 spiro atoms. The average Bonchev–Trinajstić information content (AvgIpc) is 3.51. The zero-order chi connectivity index (χ0) is 33.3. The third-order valence-electron chi connectivity index (χ3n) is 11.1. The lowest BCUT2D eigenvalue weighted by molar-refractivity contribution is 1.29. The Morgan fingerprint density at radius 1 is 0.306 bits per heavy atom. The van der Waals surface area contributed by atoms with Crippen LogP contribution in [0.5, 0.6) is 0 Å². The summed E-state index contributed by atoms with van der Waals surface area (Å²) in [7, 11) is -3.76. The molecule has 7 aromatic rings. The number of hydrogen-bond acceptors (Lipinski definition) is 1. The quantitative estimate of drug-likeness (QED) is 0.166. The Bertz CT molecular complexity index is 2390. The minimum Gasteiger partial charge on any atom is -0.310 e. The van der Waals surface area contributed by atoms with Gasteiger partial charge in [0.15, 0.2) is 0 Å². The first-order chi connectivity index (χ1) is 23.8. The molecule has 0 bridgehead atoms. The van der Waals surface area contributed by atoms with Crippen LogP contribution in [0.2, 0.25) is 26.2 Å². The smallest absolute Gasteiger partial charge is 0.113 e. The highest BCUT2D eigenvalue weighted by atomic mass is 28.3. The summed E-state index contributed by atoms with van der Waals surface area (Å²) >= 11 is 0. The summed E-state index contributed by atoms with van der Waals surface area (Å²) < 4.78 is 0. The number of fused-ring (bicyclic) bond motifs is 6. The maximum absolute atomic E-state index is 2.52. The van der Waals surface area contributed by atoms with Gasteiger partial charge in [0.05, 0.1) is 0 Å². The molecule has 2 heterocycles. The summed E-state index contributed by atoms with van der Waals surface area (Å²) in [5.41, 5.74) is 14.2. The molecule has 0 amide bonds. The van der Waals surface area contributed by atoms with E-state index in [1.54, 1.807) is 0 Å². The van der Waals surface area contributed by atoms with E-state index in [1.165, 1.54) is 82.3 Å². The van der Waals surface area contributed by atoms with Gasteiger partial charge >= 0.3 is 0 Å². The fourth-order valence-electron chi connectivity index (χ4n) is 8.42. The lowest BCUT2D eigenvalue weighted by atomic mass is 9.99. The fourth-order valence-corrected chi connectivity index (χ4v) is 14.6. The van der Waals surface area contributed by atoms with E-state index >= 15 is 0 Å². The number of rotatable bonds is 5. The lowest BCUT2D eigenvalue weighted by Crippen LogP contribution is -2.49. The Balaban J connectivity index is 1.21. The van der Waals surface area contributed by atoms with Crippen molar-refractivity contribution in [2.75, 3.05) is 4.90 Å². The molecule has 0 fully saturated rings. The SMILES string of the molecule is C[Si]1(C)c2ccccc2-c2cc(N(c3cccc(-c4ccccc4)c3)c3ccc4c(c3)[Si](C)(C)c3cc(-c5ccccc5)ccc3-4)ccc21. The van der Waals surface area contributed by atoms with Gasteiger partial charge in [-0.25, -0.2) is 0 Å². The molecular formula is C46H39NSi2. The number of hydrogen-bond donors (Lipinski definition) is 0. The van der Waals surface area contributed by atoms with Crippen LogP contribution in [0, 0.1) is 0 Å². The number of benzene rings is 7. The maximum atomic E-state index is 2.52. The zero-order valence-electron chi connectivity index (χ0n) is 28.5. The molecule has 0 aliphatic carbocycles. The van der Waals surface area contributed by atoms with Gasteiger partial charge in [-0.3, -0.25) is 0 Å². The third kappa shape index (κ3) is 4.72. The van der Waals surface area contributed by atoms with Crippen LogP contribution in [-0.2, 0) is 0 Å². The first-order valence-electron chi connectivity index (χ1n) is 17.4. The van der Waals surface area contributed by atoms with Crippen LogP contribution in [0.1, 0.15) is 0 Å². The molecule has 2 aliphatic heterocycles. The molecule has 0 saturated carbocycles. The molecule has 1 nitrogen and oxygen atoms in total. The van der Waals surface area contributed by atoms with Gasteiger partial charge in [-0.15, -0.1) is 0 Å². The van der Waals surface area contributed by atoms with Crippen LogP contribution < -0.4 is 25.6 Å². The summed E-state index contributed by atoms with van der Waals surface area (Å²) in [5.74, 6) is 0. The van der Waals surface area contributed by atoms with Gasteiger partial charge in [-0.2, -0.15) is 0 Å². The average molecular weight is 662 g/mol. The van der Waals surface area contributed by atoms with E-state index in [-0.39, 0.29) is 0 Å². The minimum absolute atomic E-state index is 1.17. The Kier molecular flexibility index (Phi) is 6.81. The Labute approximate surface area is 292 Å². The summed E-state index contributed by atoms with van der Waals surface area (Å²) in [6, 6.07) is 61.3. The van der Waals surface area contributed by atoms with Crippen molar-refractivity contribution in [1.82, 2.24) is 0 Å². The molecule has 0 radical (unpaired) electrons. The molecule has 0 saturated heterocycles. The lowest BCUT2D eigenvalue weighted by Gasteiger charge is -2.29. The number of anilines is 3. The van der Waals surface area contributed by atoms with Gasteiger partial charge in [-0.05, 0) is 102 Å². The predicted octanol–water partition coefficient (Wildman–Crippen LogP) is 10.1. The van der Waals surface area contributed by atoms with Crippen molar-refractivity contribution in [2.24, 2.45) is 0 Å². The van der Waals surface area contributed by atoms with E-state index in [2.05, 4.69) is 195 Å². The molecule has 3 heteroatoms. The van der Waals surface area contributed by atoms with Gasteiger partial charge < -0.3 is 4.90 Å². The topological polar surface area (TPSA) is 3.24 Å². The highest BCUT2D eigenvalue weighted by Crippen LogP contribution is 2.41. The van der Waals surface area contributed by atoms with E-state index in [0.717, 1.165) is 0 Å². The molecule has 9 rings (SSSR count). The van der Waals surface area contributed by atoms with Crippen molar-refractivity contribution in [3.8, 4) is 44.5 Å². The Hall–Kier alpha value is -5.23. The van der Waals surface area contributed by atoms with Crippen molar-refractivity contribution in [1.29, 1.82) is 0 Å². The Morgan fingerprint density at radius 2 is 0.796 bits per heavy atom. The first kappa shape index (κ1) is 29.9. The minimum atomic E-state index is -1.99. The van der Waals surface area contributed by atoms with Gasteiger partial charge in [0, 0.05) is 17.1 Å². The molecular weight excluding hydrogens is 623 g/mol. The molecule has 0 N–H and O–H groups in total. The standard InChI is InChI=1S/C46H39NSi2/c1-48(2)43-21-12-11-20-39(43)42-30-37(24-27-44(42)48)47(36-19-13-18-34(28-36)32-14-7-5-8-15-32)38-23-26-41-40-25-22-35(33-16-9-6-10-17-33)29-45(40)49(3,4)46(41)31-38/h5-31H,1-4H3. The second-order valence-electron chi connectivity index (χ2n) is 14.6. The van der Waals surface area contributed by atoms with Crippen molar-refractivity contribution < 1.29 is 0 Å². The normalized spacial score (nSPS) is 14.4. The molecule has 49 heavy (non-hydrogen) atoms. The molecule has 0 aromatic heterocycles. The fraction of sp³-hybridized carbons (Fsp3) is 0.0870. The monoisotopic (exact) mass is 661 g/mol. The molecule has 0 unspecified atom stereocenters. The summed E-state index contributed by atoms with van der Waals surface area (Å²) in [6.45, 7) is 10.0. The van der Waals surface area contributed by atoms with Crippen LogP contribution in [-0.4, -0.2) is 16.1 Å². The number of nitrogens with zero attached hydrogens (tertiary/aromatic N) is 1. The van der Waals surface area contributed by atoms with Gasteiger partial charge in [0.2, 0.25) is 0 Å². The van der Waals surface area contributed by atoms with Crippen LogP contribution in [0.25, 0.3) is 44.5 Å². The highest BCUT2D eigenvalue weighted by Gasteiger charge is 2.39. The predicted molar refractivity (Wildman–Crippen MR) is 216 cm³/mol. The maximum Gasteiger partial charge on any atom is 0.113 e. The molecule has 0 atom stereocenters. The van der Waals surface area contributed by atoms with Crippen LogP contribution in [0.15, 0.2) is 164 Å². The molecule has 236 valence electrons. The van der Waals surface area contributed by atoms with Crippen molar-refractivity contribution in [3.63, 3.8) is 0 Å². The largest absolute Gasteiger partial charge is 0.310 e. The van der Waals surface area contributed by atoms with Gasteiger partial charge in [-0.1, -0.05) is 154 Å². The third-order valence-corrected chi connectivity index (χ3v) is 18.1. The van der Waals surface area contributed by atoms with Crippen LogP contribution >= 0.6 is 0 Å². The highest BCUT2D eigenvalue weighted by molar-refractivity contribution is 7.04. The van der Waals surface area contributed by atoms with E-state index in [4.69, 9.17) is 0 Å². The van der Waals surface area contributed by atoms with E-state index in [0.29, 0.717) is 0 Å². The summed E-state index contributed by atoms with van der Waals surface area (Å²) in [4.78, 5) is 2.49. The van der Waals surface area contributed by atoms with Gasteiger partial charge in [0.1, 0.15) is 16.1 Å². The Morgan fingerprint density at radius 3 is 1.53 bits per heavy atom. The van der Waals surface area contributed by atoms with Crippen LogP contribution in [0.3, 0.4) is 0 Å². The van der Waals surface area contributed by atoms with Crippen molar-refractivity contribution in [2.45, 2.75) is 26.2 Å². The molecule has 7 aromatic carbocycles. The van der Waals surface area contributed by atoms with E-state index in [9.17, 15) is 0 Å². The van der Waals surface area contributed by atoms with Crippen molar-refractivity contribution in [3.05, 3.63) is 164 Å².